The minimum atomic E-state index is -0.0444. The van der Waals surface area contributed by atoms with Crippen LogP contribution in [0.3, 0.4) is 0 Å². The first-order chi connectivity index (χ1) is 5.20. The van der Waals surface area contributed by atoms with E-state index < -0.39 is 0 Å². The number of hydrogen-bond acceptors (Lipinski definition) is 2. The molecule has 0 aliphatic rings. The molecule has 2 heteroatoms. The number of rotatable bonds is 2. The molecule has 0 heterocycles. The van der Waals surface area contributed by atoms with Gasteiger partial charge in [-0.25, -0.2) is 0 Å². The Morgan fingerprint density at radius 2 is 2.36 bits per heavy atom. The molecule has 0 saturated heterocycles. The molecule has 1 N–H and O–H groups in total. The van der Waals surface area contributed by atoms with E-state index in [0.717, 1.165) is 5.57 Å². The van der Waals surface area contributed by atoms with Gasteiger partial charge in [-0.2, -0.15) is 0 Å². The Morgan fingerprint density at radius 3 is 2.82 bits per heavy atom. The number of aliphatic hydroxyl groups excluding tert-OH is 1. The third-order valence-corrected chi connectivity index (χ3v) is 1.22. The van der Waals surface area contributed by atoms with Crippen LogP contribution in [-0.4, -0.2) is 24.9 Å². The second-order valence-electron chi connectivity index (χ2n) is 2.22. The van der Waals surface area contributed by atoms with Gasteiger partial charge in [0.25, 0.3) is 0 Å². The zero-order valence-corrected chi connectivity index (χ0v) is 7.22. The van der Waals surface area contributed by atoms with Crippen molar-refractivity contribution >= 4 is 0 Å². The van der Waals surface area contributed by atoms with E-state index in [1.54, 1.807) is 13.2 Å². The predicted molar refractivity (Wildman–Crippen MR) is 45.1 cm³/mol. The van der Waals surface area contributed by atoms with E-state index in [1.165, 1.54) is 0 Å². The molecule has 1 atom stereocenters. The van der Waals surface area contributed by atoms with Gasteiger partial charge in [0.15, 0.2) is 0 Å². The van der Waals surface area contributed by atoms with Gasteiger partial charge in [0.1, 0.15) is 6.10 Å². The molecule has 0 fully saturated rings. The lowest BCUT2D eigenvalue weighted by Gasteiger charge is -1.96. The summed E-state index contributed by atoms with van der Waals surface area (Å²) in [4.78, 5) is 0. The summed E-state index contributed by atoms with van der Waals surface area (Å²) in [6.45, 7) is 3.77. The number of aliphatic hydroxyl groups is 1. The lowest BCUT2D eigenvalue weighted by atomic mass is 10.2. The minimum Gasteiger partial charge on any atom is -0.392 e. The van der Waals surface area contributed by atoms with Crippen molar-refractivity contribution in [3.05, 3.63) is 11.6 Å². The molecule has 0 amide bonds. The monoisotopic (exact) mass is 154 g/mol. The topological polar surface area (TPSA) is 29.5 Å². The van der Waals surface area contributed by atoms with Crippen molar-refractivity contribution in [3.8, 4) is 11.8 Å². The summed E-state index contributed by atoms with van der Waals surface area (Å²) >= 11 is 0. The van der Waals surface area contributed by atoms with Crippen LogP contribution < -0.4 is 0 Å². The highest BCUT2D eigenvalue weighted by atomic mass is 16.5. The quantitative estimate of drug-likeness (QED) is 0.600. The molecule has 0 rings (SSSR count). The second-order valence-corrected chi connectivity index (χ2v) is 2.22. The van der Waals surface area contributed by atoms with Crippen LogP contribution in [0.25, 0.3) is 0 Å². The standard InChI is InChI=1S/C9H14O2/c1-8(6-7-10)4-5-9(2)11-3/h6,9-10H,7H2,1-3H3/b8-6-. The lowest BCUT2D eigenvalue weighted by molar-refractivity contribution is 0.163. The fourth-order valence-corrected chi connectivity index (χ4v) is 0.462. The molecule has 0 aromatic heterocycles. The van der Waals surface area contributed by atoms with Crippen LogP contribution in [0.4, 0.5) is 0 Å². The van der Waals surface area contributed by atoms with Crippen LogP contribution in [0, 0.1) is 11.8 Å². The molecule has 62 valence electrons. The van der Waals surface area contributed by atoms with Crippen molar-refractivity contribution in [2.24, 2.45) is 0 Å². The second kappa shape index (κ2) is 5.96. The highest BCUT2D eigenvalue weighted by Crippen LogP contribution is 1.89. The summed E-state index contributed by atoms with van der Waals surface area (Å²) in [5.74, 6) is 5.73. The molecular formula is C9H14O2. The summed E-state index contributed by atoms with van der Waals surface area (Å²) in [5.41, 5.74) is 0.872. The maximum Gasteiger partial charge on any atom is 0.115 e. The van der Waals surface area contributed by atoms with E-state index in [0.29, 0.717) is 0 Å². The van der Waals surface area contributed by atoms with E-state index in [4.69, 9.17) is 9.84 Å². The van der Waals surface area contributed by atoms with Gasteiger partial charge in [-0.05, 0) is 25.5 Å². The summed E-state index contributed by atoms with van der Waals surface area (Å²) in [6.07, 6.45) is 1.62. The Balaban J connectivity index is 3.96. The van der Waals surface area contributed by atoms with Gasteiger partial charge >= 0.3 is 0 Å². The van der Waals surface area contributed by atoms with E-state index in [1.807, 2.05) is 13.8 Å². The minimum absolute atomic E-state index is 0.0435. The molecule has 0 saturated carbocycles. The highest BCUT2D eigenvalue weighted by molar-refractivity contribution is 5.27. The van der Waals surface area contributed by atoms with E-state index in [-0.39, 0.29) is 12.7 Å². The molecule has 11 heavy (non-hydrogen) atoms. The number of allylic oxidation sites excluding steroid dienone is 1. The van der Waals surface area contributed by atoms with Gasteiger partial charge in [0.05, 0.1) is 6.61 Å². The average Bonchev–Trinajstić information content (AvgIpc) is 2.01. The Morgan fingerprint density at radius 1 is 1.73 bits per heavy atom. The zero-order chi connectivity index (χ0) is 8.69. The molecule has 0 radical (unpaired) electrons. The first kappa shape index (κ1) is 10.2. The Kier molecular flexibility index (Phi) is 5.54. The molecule has 0 aliphatic heterocycles. The molecule has 1 unspecified atom stereocenters. The van der Waals surface area contributed by atoms with Gasteiger partial charge in [0.2, 0.25) is 0 Å². The normalized spacial score (nSPS) is 13.6. The van der Waals surface area contributed by atoms with Gasteiger partial charge in [0, 0.05) is 7.11 Å². The first-order valence-corrected chi connectivity index (χ1v) is 3.52. The Bertz CT molecular complexity index is 183. The molecule has 0 bridgehead atoms. The zero-order valence-electron chi connectivity index (χ0n) is 7.22. The Hall–Kier alpha value is -0.780. The third-order valence-electron chi connectivity index (χ3n) is 1.22. The number of hydrogen-bond donors (Lipinski definition) is 1. The van der Waals surface area contributed by atoms with Gasteiger partial charge in [-0.15, -0.1) is 0 Å². The number of ether oxygens (including phenoxy) is 1. The van der Waals surface area contributed by atoms with E-state index in [2.05, 4.69) is 11.8 Å². The fraction of sp³-hybridized carbons (Fsp3) is 0.556. The van der Waals surface area contributed by atoms with Crippen LogP contribution in [0.15, 0.2) is 11.6 Å². The van der Waals surface area contributed by atoms with Gasteiger partial charge in [-0.3, -0.25) is 0 Å². The van der Waals surface area contributed by atoms with E-state index in [9.17, 15) is 0 Å². The van der Waals surface area contributed by atoms with Crippen LogP contribution >= 0.6 is 0 Å². The number of methoxy groups -OCH3 is 1. The molecule has 0 aliphatic carbocycles. The maximum absolute atomic E-state index is 8.48. The summed E-state index contributed by atoms with van der Waals surface area (Å²) in [5, 5.41) is 8.48. The molecular weight excluding hydrogens is 140 g/mol. The molecule has 0 aromatic carbocycles. The van der Waals surface area contributed by atoms with Crippen molar-refractivity contribution in [2.45, 2.75) is 20.0 Å². The van der Waals surface area contributed by atoms with E-state index >= 15 is 0 Å². The van der Waals surface area contributed by atoms with Crippen LogP contribution in [0.1, 0.15) is 13.8 Å². The smallest absolute Gasteiger partial charge is 0.115 e. The first-order valence-electron chi connectivity index (χ1n) is 3.52. The van der Waals surface area contributed by atoms with Gasteiger partial charge < -0.3 is 9.84 Å². The van der Waals surface area contributed by atoms with Crippen molar-refractivity contribution < 1.29 is 9.84 Å². The largest absolute Gasteiger partial charge is 0.392 e. The lowest BCUT2D eigenvalue weighted by Crippen LogP contribution is -1.99. The highest BCUT2D eigenvalue weighted by Gasteiger charge is 1.88. The summed E-state index contributed by atoms with van der Waals surface area (Å²) < 4.78 is 4.92. The summed E-state index contributed by atoms with van der Waals surface area (Å²) in [7, 11) is 1.62. The van der Waals surface area contributed by atoms with Crippen molar-refractivity contribution in [1.29, 1.82) is 0 Å². The maximum atomic E-state index is 8.48. The fourth-order valence-electron chi connectivity index (χ4n) is 0.462. The third kappa shape index (κ3) is 5.65. The molecule has 0 aromatic rings. The SMILES string of the molecule is COC(C)C#C/C(C)=C\CO. The van der Waals surface area contributed by atoms with Crippen LogP contribution in [-0.2, 0) is 4.74 Å². The predicted octanol–water partition coefficient (Wildman–Crippen LogP) is 0.963. The van der Waals surface area contributed by atoms with Crippen molar-refractivity contribution in [3.63, 3.8) is 0 Å². The van der Waals surface area contributed by atoms with Crippen molar-refractivity contribution in [1.82, 2.24) is 0 Å². The Labute approximate surface area is 67.9 Å². The molecule has 0 spiro atoms. The summed E-state index contributed by atoms with van der Waals surface area (Å²) in [6, 6.07) is 0. The molecule has 2 nitrogen and oxygen atoms in total. The van der Waals surface area contributed by atoms with Crippen LogP contribution in [0.2, 0.25) is 0 Å². The average molecular weight is 154 g/mol. The van der Waals surface area contributed by atoms with Crippen molar-refractivity contribution in [2.75, 3.05) is 13.7 Å². The van der Waals surface area contributed by atoms with Crippen LogP contribution in [0.5, 0.6) is 0 Å². The van der Waals surface area contributed by atoms with Gasteiger partial charge in [-0.1, -0.05) is 11.8 Å².